The van der Waals surface area contributed by atoms with Crippen LogP contribution in [-0.2, 0) is 0 Å². The first-order valence-corrected chi connectivity index (χ1v) is 9.12. The average Bonchev–Trinajstić information content (AvgIpc) is 2.65. The zero-order valence-corrected chi connectivity index (χ0v) is 14.8. The molecule has 1 fully saturated rings. The molecule has 0 saturated heterocycles. The summed E-state index contributed by atoms with van der Waals surface area (Å²) in [5, 5.41) is 2.14. The van der Waals surface area contributed by atoms with Crippen LogP contribution < -0.4 is 5.84 Å². The number of nitrogens with two attached hydrogens (primary N) is 1. The minimum Gasteiger partial charge on any atom is -0.277 e. The molecule has 1 aliphatic heterocycles. The number of hydrazine groups is 1. The van der Waals surface area contributed by atoms with Crippen molar-refractivity contribution in [3.8, 4) is 0 Å². The first-order valence-electron chi connectivity index (χ1n) is 8.71. The second kappa shape index (κ2) is 6.90. The highest BCUT2D eigenvalue weighted by Gasteiger charge is 2.39. The molecule has 2 atom stereocenters. The third-order valence-corrected chi connectivity index (χ3v) is 5.34. The fraction of sp³-hybridized carbons (Fsp3) is 0.238. The van der Waals surface area contributed by atoms with Crippen LogP contribution in [0.4, 0.5) is 0 Å². The molecule has 1 saturated carbocycles. The van der Waals surface area contributed by atoms with Crippen LogP contribution >= 0.6 is 12.2 Å². The molecule has 0 bridgehead atoms. The van der Waals surface area contributed by atoms with Gasteiger partial charge in [-0.15, -0.1) is 0 Å². The van der Waals surface area contributed by atoms with Crippen LogP contribution in [0.3, 0.4) is 0 Å². The third kappa shape index (κ3) is 3.15. The van der Waals surface area contributed by atoms with Gasteiger partial charge in [-0.3, -0.25) is 5.01 Å². The summed E-state index contributed by atoms with van der Waals surface area (Å²) in [7, 11) is 0. The van der Waals surface area contributed by atoms with Gasteiger partial charge in [0.05, 0.1) is 11.8 Å². The van der Waals surface area contributed by atoms with Gasteiger partial charge in [0.2, 0.25) is 5.11 Å². The van der Waals surface area contributed by atoms with Gasteiger partial charge in [-0.05, 0) is 54.3 Å². The fourth-order valence-electron chi connectivity index (χ4n) is 3.89. The molecular weight excluding hydrogens is 326 g/mol. The summed E-state index contributed by atoms with van der Waals surface area (Å²) in [5.74, 6) is 6.61. The van der Waals surface area contributed by atoms with Crippen LogP contribution in [-0.4, -0.2) is 15.8 Å². The van der Waals surface area contributed by atoms with E-state index in [1.54, 1.807) is 5.01 Å². The van der Waals surface area contributed by atoms with Gasteiger partial charge in [-0.1, -0.05) is 60.7 Å². The molecule has 0 unspecified atom stereocenters. The Balaban J connectivity index is 1.76. The molecule has 0 spiro atoms. The first kappa shape index (κ1) is 16.2. The monoisotopic (exact) mass is 347 g/mol. The van der Waals surface area contributed by atoms with Gasteiger partial charge in [0.15, 0.2) is 0 Å². The highest BCUT2D eigenvalue weighted by molar-refractivity contribution is 7.80. The van der Waals surface area contributed by atoms with Crippen molar-refractivity contribution in [1.82, 2.24) is 5.01 Å². The molecule has 1 heterocycles. The van der Waals surface area contributed by atoms with Gasteiger partial charge in [-0.25, -0.2) is 10.8 Å². The summed E-state index contributed by atoms with van der Waals surface area (Å²) < 4.78 is 0. The Morgan fingerprint density at radius 3 is 2.44 bits per heavy atom. The molecule has 126 valence electrons. The van der Waals surface area contributed by atoms with E-state index in [1.165, 1.54) is 16.7 Å². The van der Waals surface area contributed by atoms with E-state index in [4.69, 9.17) is 23.1 Å². The maximum atomic E-state index is 6.33. The molecule has 0 radical (unpaired) electrons. The Morgan fingerprint density at radius 1 is 1.04 bits per heavy atom. The number of nitrogens with zero attached hydrogens (tertiary/aromatic N) is 2. The average molecular weight is 347 g/mol. The number of aliphatic imine (C=N–C) groups is 1. The molecule has 4 heteroatoms. The molecule has 25 heavy (non-hydrogen) atoms. The lowest BCUT2D eigenvalue weighted by Gasteiger charge is -2.42. The van der Waals surface area contributed by atoms with Crippen molar-refractivity contribution < 1.29 is 0 Å². The predicted octanol–water partition coefficient (Wildman–Crippen LogP) is 4.53. The van der Waals surface area contributed by atoms with Crippen molar-refractivity contribution >= 4 is 29.1 Å². The normalized spacial score (nSPS) is 24.8. The van der Waals surface area contributed by atoms with Crippen molar-refractivity contribution in [2.75, 3.05) is 0 Å². The van der Waals surface area contributed by atoms with E-state index < -0.39 is 0 Å². The van der Waals surface area contributed by atoms with Crippen molar-refractivity contribution in [2.24, 2.45) is 16.8 Å². The largest absolute Gasteiger partial charge is 0.277 e. The van der Waals surface area contributed by atoms with E-state index in [-0.39, 0.29) is 12.0 Å². The van der Waals surface area contributed by atoms with Gasteiger partial charge in [0, 0.05) is 5.92 Å². The van der Waals surface area contributed by atoms with Gasteiger partial charge in [0.1, 0.15) is 0 Å². The maximum absolute atomic E-state index is 6.33. The minimum atomic E-state index is 0.0562. The van der Waals surface area contributed by atoms with E-state index in [0.29, 0.717) is 5.11 Å². The summed E-state index contributed by atoms with van der Waals surface area (Å²) in [6.45, 7) is 0. The summed E-state index contributed by atoms with van der Waals surface area (Å²) >= 11 is 5.48. The molecule has 2 aliphatic rings. The van der Waals surface area contributed by atoms with Crippen LogP contribution in [0.2, 0.25) is 0 Å². The molecule has 0 amide bonds. The van der Waals surface area contributed by atoms with Gasteiger partial charge in [-0.2, -0.15) is 0 Å². The standard InChI is InChI=1S/C21H21N3S/c22-24-20(16-10-5-2-6-11-16)18-13-7-12-17(19(18)23-21(24)25)14-15-8-3-1-4-9-15/h1-6,8-11,14,18,20H,7,12-13,22H2/b17-14+/t18-,20+/m1/s1. The quantitative estimate of drug-likeness (QED) is 0.641. The third-order valence-electron chi connectivity index (χ3n) is 5.04. The zero-order chi connectivity index (χ0) is 17.2. The smallest absolute Gasteiger partial charge is 0.210 e. The van der Waals surface area contributed by atoms with Crippen molar-refractivity contribution in [3.63, 3.8) is 0 Å². The zero-order valence-electron chi connectivity index (χ0n) is 14.0. The Kier molecular flexibility index (Phi) is 4.47. The molecule has 0 aromatic heterocycles. The summed E-state index contributed by atoms with van der Waals surface area (Å²) in [4.78, 5) is 4.72. The molecule has 1 aliphatic carbocycles. The number of hydrogen-bond donors (Lipinski definition) is 1. The Hall–Kier alpha value is -2.30. The van der Waals surface area contributed by atoms with Gasteiger partial charge in [0.25, 0.3) is 0 Å². The topological polar surface area (TPSA) is 41.6 Å². The van der Waals surface area contributed by atoms with Crippen molar-refractivity contribution in [3.05, 3.63) is 77.4 Å². The van der Waals surface area contributed by atoms with Gasteiger partial charge < -0.3 is 0 Å². The Morgan fingerprint density at radius 2 is 1.72 bits per heavy atom. The molecular formula is C21H21N3S. The second-order valence-corrected chi connectivity index (χ2v) is 6.99. The lowest BCUT2D eigenvalue weighted by molar-refractivity contribution is 0.253. The fourth-order valence-corrected chi connectivity index (χ4v) is 4.10. The number of fused-ring (bicyclic) bond motifs is 1. The lowest BCUT2D eigenvalue weighted by atomic mass is 9.75. The highest BCUT2D eigenvalue weighted by atomic mass is 32.1. The summed E-state index contributed by atoms with van der Waals surface area (Å²) in [5.41, 5.74) is 4.82. The first-order chi connectivity index (χ1) is 12.2. The predicted molar refractivity (Wildman–Crippen MR) is 107 cm³/mol. The molecule has 3 nitrogen and oxygen atoms in total. The van der Waals surface area contributed by atoms with Crippen LogP contribution in [0, 0.1) is 5.92 Å². The minimum absolute atomic E-state index is 0.0562. The van der Waals surface area contributed by atoms with Crippen LogP contribution in [0.1, 0.15) is 36.4 Å². The van der Waals surface area contributed by atoms with Crippen LogP contribution in [0.25, 0.3) is 6.08 Å². The Bertz CT molecular complexity index is 827. The highest BCUT2D eigenvalue weighted by Crippen LogP contribution is 2.41. The van der Waals surface area contributed by atoms with Crippen molar-refractivity contribution in [2.45, 2.75) is 25.3 Å². The summed E-state index contributed by atoms with van der Waals surface area (Å²) in [6, 6.07) is 20.9. The molecule has 2 N–H and O–H groups in total. The lowest BCUT2D eigenvalue weighted by Crippen LogP contribution is -2.49. The molecule has 2 aromatic carbocycles. The van der Waals surface area contributed by atoms with E-state index in [0.717, 1.165) is 25.0 Å². The SMILES string of the molecule is NN1C(=S)N=C2/C(=C/c3ccccc3)CCC[C@H]2[C@@H]1c1ccccc1. The number of thiocarbonyl (C=S) groups is 1. The Labute approximate surface area is 153 Å². The van der Waals surface area contributed by atoms with E-state index in [9.17, 15) is 0 Å². The van der Waals surface area contributed by atoms with Gasteiger partial charge >= 0.3 is 0 Å². The van der Waals surface area contributed by atoms with Crippen LogP contribution in [0.5, 0.6) is 0 Å². The van der Waals surface area contributed by atoms with E-state index in [2.05, 4.69) is 54.6 Å². The second-order valence-electron chi connectivity index (χ2n) is 6.62. The van der Waals surface area contributed by atoms with E-state index in [1.807, 2.05) is 12.1 Å². The number of hydrogen-bond acceptors (Lipinski definition) is 2. The number of benzene rings is 2. The number of rotatable bonds is 2. The molecule has 4 rings (SSSR count). The molecule has 2 aromatic rings. The van der Waals surface area contributed by atoms with Crippen molar-refractivity contribution in [1.29, 1.82) is 0 Å². The van der Waals surface area contributed by atoms with Crippen LogP contribution in [0.15, 0.2) is 71.2 Å². The summed E-state index contributed by atoms with van der Waals surface area (Å²) in [6.07, 6.45) is 5.52. The number of allylic oxidation sites excluding steroid dienone is 1. The van der Waals surface area contributed by atoms with E-state index >= 15 is 0 Å². The maximum Gasteiger partial charge on any atom is 0.210 e.